The molecule has 1 aliphatic heterocycles. The van der Waals surface area contributed by atoms with Crippen LogP contribution in [-0.2, 0) is 10.2 Å². The molecule has 5 nitrogen and oxygen atoms in total. The fraction of sp³-hybridized carbons (Fsp3) is 0.346. The van der Waals surface area contributed by atoms with Gasteiger partial charge >= 0.3 is 0 Å². The molecule has 1 atom stereocenters. The maximum Gasteiger partial charge on any atom is 0.226 e. The van der Waals surface area contributed by atoms with E-state index in [4.69, 9.17) is 10.1 Å². The molecule has 5 rings (SSSR count). The summed E-state index contributed by atoms with van der Waals surface area (Å²) in [5.74, 6) is 1.58. The number of carbonyl (C=O) groups excluding carboxylic acids is 1. The highest BCUT2D eigenvalue weighted by Gasteiger charge is 2.36. The average Bonchev–Trinajstić information content (AvgIpc) is 3.15. The molecule has 0 fully saturated rings. The van der Waals surface area contributed by atoms with Crippen LogP contribution in [0.3, 0.4) is 0 Å². The van der Waals surface area contributed by atoms with Crippen LogP contribution in [0.4, 0.5) is 5.95 Å². The third kappa shape index (κ3) is 3.48. The molecule has 1 aromatic heterocycles. The smallest absolute Gasteiger partial charge is 0.226 e. The number of hydrogen-bond donors (Lipinski definition) is 1. The van der Waals surface area contributed by atoms with E-state index < -0.39 is 0 Å². The number of ketones is 1. The molecular weight excluding hydrogens is 384 g/mol. The number of allylic oxidation sites excluding steroid dienone is 2. The Kier molecular flexibility index (Phi) is 4.58. The Morgan fingerprint density at radius 2 is 1.84 bits per heavy atom. The Hall–Kier alpha value is -3.21. The summed E-state index contributed by atoms with van der Waals surface area (Å²) in [6.45, 7) is 8.70. The minimum absolute atomic E-state index is 0.0978. The average molecular weight is 413 g/mol. The molecule has 5 heteroatoms. The lowest BCUT2D eigenvalue weighted by molar-refractivity contribution is -0.116. The number of nitrogens with one attached hydrogen (secondary N) is 1. The van der Waals surface area contributed by atoms with Crippen LogP contribution >= 0.6 is 0 Å². The zero-order valence-electron chi connectivity index (χ0n) is 18.6. The summed E-state index contributed by atoms with van der Waals surface area (Å²) < 4.78 is 1.89. The number of carbonyl (C=O) groups is 1. The van der Waals surface area contributed by atoms with Gasteiger partial charge in [0.2, 0.25) is 5.95 Å². The summed E-state index contributed by atoms with van der Waals surface area (Å²) in [5, 5.41) is 8.30. The van der Waals surface area contributed by atoms with E-state index in [0.717, 1.165) is 35.2 Å². The molecule has 1 aliphatic carbocycles. The highest BCUT2D eigenvalue weighted by molar-refractivity contribution is 5.99. The van der Waals surface area contributed by atoms with Crippen molar-refractivity contribution in [1.29, 1.82) is 0 Å². The first kappa shape index (κ1) is 19.7. The van der Waals surface area contributed by atoms with Crippen molar-refractivity contribution >= 4 is 11.7 Å². The highest BCUT2D eigenvalue weighted by Crippen LogP contribution is 2.40. The Morgan fingerprint density at radius 3 is 2.55 bits per heavy atom. The third-order valence-corrected chi connectivity index (χ3v) is 6.24. The van der Waals surface area contributed by atoms with Crippen LogP contribution in [0.15, 0.2) is 59.8 Å². The highest BCUT2D eigenvalue weighted by atomic mass is 16.1. The van der Waals surface area contributed by atoms with Gasteiger partial charge in [-0.1, -0.05) is 74.9 Å². The summed E-state index contributed by atoms with van der Waals surface area (Å²) in [6, 6.07) is 16.6. The van der Waals surface area contributed by atoms with Gasteiger partial charge in [0.25, 0.3) is 0 Å². The first-order chi connectivity index (χ1) is 14.8. The van der Waals surface area contributed by atoms with Crippen LogP contribution in [0.5, 0.6) is 0 Å². The molecule has 0 amide bonds. The van der Waals surface area contributed by atoms with Gasteiger partial charge < -0.3 is 5.32 Å². The van der Waals surface area contributed by atoms with Crippen LogP contribution in [0.25, 0.3) is 11.4 Å². The molecule has 0 spiro atoms. The SMILES string of the molecule is Cc1cccc(C2C3=C(CCCC3=O)Nc3nc(-c4ccc(C(C)(C)C)cc4)nn32)c1. The zero-order valence-corrected chi connectivity index (χ0v) is 18.6. The lowest BCUT2D eigenvalue weighted by Gasteiger charge is -2.32. The molecule has 2 aliphatic rings. The molecule has 0 radical (unpaired) electrons. The molecule has 2 aromatic carbocycles. The van der Waals surface area contributed by atoms with Crippen LogP contribution in [-0.4, -0.2) is 20.5 Å². The van der Waals surface area contributed by atoms with Crippen molar-refractivity contribution in [3.63, 3.8) is 0 Å². The first-order valence-corrected chi connectivity index (χ1v) is 11.0. The summed E-state index contributed by atoms with van der Waals surface area (Å²) in [5.41, 5.74) is 6.43. The Morgan fingerprint density at radius 1 is 1.06 bits per heavy atom. The second kappa shape index (κ2) is 7.19. The van der Waals surface area contributed by atoms with E-state index in [2.05, 4.69) is 75.5 Å². The number of benzene rings is 2. The monoisotopic (exact) mass is 412 g/mol. The third-order valence-electron chi connectivity index (χ3n) is 6.24. The van der Waals surface area contributed by atoms with Gasteiger partial charge in [-0.3, -0.25) is 4.79 Å². The van der Waals surface area contributed by atoms with E-state index >= 15 is 0 Å². The molecule has 31 heavy (non-hydrogen) atoms. The van der Waals surface area contributed by atoms with E-state index in [0.29, 0.717) is 18.2 Å². The van der Waals surface area contributed by atoms with Crippen LogP contribution in [0.1, 0.15) is 62.8 Å². The van der Waals surface area contributed by atoms with Crippen LogP contribution in [0, 0.1) is 6.92 Å². The van der Waals surface area contributed by atoms with Crippen LogP contribution in [0.2, 0.25) is 0 Å². The van der Waals surface area contributed by atoms with E-state index in [1.807, 2.05) is 10.7 Å². The molecule has 158 valence electrons. The van der Waals surface area contributed by atoms with Crippen molar-refractivity contribution in [2.45, 2.75) is 58.4 Å². The van der Waals surface area contributed by atoms with E-state index in [1.165, 1.54) is 11.1 Å². The summed E-state index contributed by atoms with van der Waals surface area (Å²) in [7, 11) is 0. The van der Waals surface area contributed by atoms with E-state index in [1.54, 1.807) is 0 Å². The van der Waals surface area contributed by atoms with Crippen molar-refractivity contribution in [2.24, 2.45) is 0 Å². The molecule has 0 saturated heterocycles. The van der Waals surface area contributed by atoms with Crippen molar-refractivity contribution < 1.29 is 4.79 Å². The largest absolute Gasteiger partial charge is 0.328 e. The van der Waals surface area contributed by atoms with Crippen molar-refractivity contribution in [3.05, 3.63) is 76.5 Å². The number of anilines is 1. The lowest BCUT2D eigenvalue weighted by Crippen LogP contribution is -2.31. The molecule has 0 saturated carbocycles. The molecule has 1 unspecified atom stereocenters. The molecule has 2 heterocycles. The van der Waals surface area contributed by atoms with Gasteiger partial charge in [0.15, 0.2) is 11.6 Å². The summed E-state index contributed by atoms with van der Waals surface area (Å²) >= 11 is 0. The Balaban J connectivity index is 1.61. The quantitative estimate of drug-likeness (QED) is 0.597. The fourth-order valence-electron chi connectivity index (χ4n) is 4.55. The second-order valence-corrected chi connectivity index (χ2v) is 9.64. The fourth-order valence-corrected chi connectivity index (χ4v) is 4.55. The number of nitrogens with zero attached hydrogens (tertiary/aromatic N) is 3. The number of aryl methyl sites for hydroxylation is 1. The number of Topliss-reactive ketones (excluding diaryl/α,β-unsaturated/α-hetero) is 1. The van der Waals surface area contributed by atoms with Gasteiger partial charge in [-0.25, -0.2) is 4.68 Å². The second-order valence-electron chi connectivity index (χ2n) is 9.64. The molecule has 3 aromatic rings. The van der Waals surface area contributed by atoms with Crippen molar-refractivity contribution in [2.75, 3.05) is 5.32 Å². The molecule has 0 bridgehead atoms. The zero-order chi connectivity index (χ0) is 21.8. The van der Waals surface area contributed by atoms with Crippen molar-refractivity contribution in [1.82, 2.24) is 14.8 Å². The number of aromatic nitrogens is 3. The number of rotatable bonds is 2. The van der Waals surface area contributed by atoms with Gasteiger partial charge in [-0.05, 0) is 36.3 Å². The Bertz CT molecular complexity index is 1190. The number of fused-ring (bicyclic) bond motifs is 1. The predicted molar refractivity (Wildman–Crippen MR) is 123 cm³/mol. The van der Waals surface area contributed by atoms with Gasteiger partial charge in [0.05, 0.1) is 0 Å². The topological polar surface area (TPSA) is 59.8 Å². The maximum atomic E-state index is 13.0. The van der Waals surface area contributed by atoms with Gasteiger partial charge in [-0.15, -0.1) is 5.10 Å². The van der Waals surface area contributed by atoms with Gasteiger partial charge in [0, 0.05) is 23.3 Å². The van der Waals surface area contributed by atoms with E-state index in [-0.39, 0.29) is 17.2 Å². The van der Waals surface area contributed by atoms with Crippen LogP contribution < -0.4 is 5.32 Å². The molecular formula is C26H28N4O. The first-order valence-electron chi connectivity index (χ1n) is 11.0. The maximum absolute atomic E-state index is 13.0. The Labute approximate surface area is 183 Å². The van der Waals surface area contributed by atoms with Gasteiger partial charge in [-0.2, -0.15) is 4.98 Å². The van der Waals surface area contributed by atoms with E-state index in [9.17, 15) is 4.79 Å². The van der Waals surface area contributed by atoms with Gasteiger partial charge in [0.1, 0.15) is 6.04 Å². The summed E-state index contributed by atoms with van der Waals surface area (Å²) in [4.78, 5) is 17.8. The number of hydrogen-bond acceptors (Lipinski definition) is 4. The minimum atomic E-state index is -0.242. The normalized spacial score (nSPS) is 18.5. The van der Waals surface area contributed by atoms with Crippen molar-refractivity contribution in [3.8, 4) is 11.4 Å². The predicted octanol–water partition coefficient (Wildman–Crippen LogP) is 5.57. The summed E-state index contributed by atoms with van der Waals surface area (Å²) in [6.07, 6.45) is 2.33. The lowest BCUT2D eigenvalue weighted by atomic mass is 9.85. The minimum Gasteiger partial charge on any atom is -0.328 e. The molecule has 1 N–H and O–H groups in total. The standard InChI is InChI=1S/C26H28N4O/c1-16-7-5-8-18(15-16)23-22-20(9-6-10-21(22)31)27-25-28-24(29-30(23)25)17-11-13-19(14-12-17)26(2,3)4/h5,7-8,11-15,23H,6,9-10H2,1-4H3,(H,27,28,29).